The first-order valence-corrected chi connectivity index (χ1v) is 7.44. The summed E-state index contributed by atoms with van der Waals surface area (Å²) in [6.07, 6.45) is -0.928. The molecule has 1 aliphatic carbocycles. The fourth-order valence-corrected chi connectivity index (χ4v) is 3.44. The standard InChI is InChI=1S/C18H14O6/c1-7-3-11(20)16-12(21)5-8-4-9-10(19)6-13(22)15(9)17(23-2)14(8)18(16)24-7/h3-5,10,19,21H,6H2,1-2H3/t10-/m0/s1. The lowest BCUT2D eigenvalue weighted by atomic mass is 9.97. The summed E-state index contributed by atoms with van der Waals surface area (Å²) in [7, 11) is 1.42. The Kier molecular flexibility index (Phi) is 2.95. The Morgan fingerprint density at radius 2 is 1.96 bits per heavy atom. The average molecular weight is 326 g/mol. The van der Waals surface area contributed by atoms with E-state index in [-0.39, 0.29) is 40.1 Å². The van der Waals surface area contributed by atoms with Gasteiger partial charge >= 0.3 is 0 Å². The van der Waals surface area contributed by atoms with Gasteiger partial charge in [-0.2, -0.15) is 0 Å². The Labute approximate surface area is 135 Å². The van der Waals surface area contributed by atoms with Crippen molar-refractivity contribution in [1.29, 1.82) is 0 Å². The lowest BCUT2D eigenvalue weighted by molar-refractivity contribution is 0.0928. The Bertz CT molecular complexity index is 1090. The second-order valence-electron chi connectivity index (χ2n) is 5.94. The Morgan fingerprint density at radius 3 is 2.67 bits per heavy atom. The second kappa shape index (κ2) is 4.82. The molecule has 2 N–H and O–H groups in total. The molecular formula is C18H14O6. The minimum absolute atomic E-state index is 0.0189. The van der Waals surface area contributed by atoms with Crippen molar-refractivity contribution in [2.75, 3.05) is 7.11 Å². The van der Waals surface area contributed by atoms with E-state index in [1.807, 2.05) is 0 Å². The maximum atomic E-state index is 12.3. The van der Waals surface area contributed by atoms with Gasteiger partial charge < -0.3 is 19.4 Å². The van der Waals surface area contributed by atoms with Crippen molar-refractivity contribution in [2.24, 2.45) is 0 Å². The Balaban J connectivity index is 2.31. The van der Waals surface area contributed by atoms with Gasteiger partial charge in [0.2, 0.25) is 0 Å². The number of aryl methyl sites for hydroxylation is 1. The number of fused-ring (bicyclic) bond motifs is 4. The van der Waals surface area contributed by atoms with Gasteiger partial charge in [-0.25, -0.2) is 0 Å². The molecule has 1 aromatic heterocycles. The highest BCUT2D eigenvalue weighted by Gasteiger charge is 2.33. The van der Waals surface area contributed by atoms with Crippen LogP contribution in [0.3, 0.4) is 0 Å². The lowest BCUT2D eigenvalue weighted by Gasteiger charge is -2.14. The number of methoxy groups -OCH3 is 1. The molecule has 0 saturated heterocycles. The van der Waals surface area contributed by atoms with Gasteiger partial charge in [0.25, 0.3) is 0 Å². The Morgan fingerprint density at radius 1 is 1.21 bits per heavy atom. The summed E-state index contributed by atoms with van der Waals surface area (Å²) in [4.78, 5) is 24.5. The van der Waals surface area contributed by atoms with Crippen molar-refractivity contribution in [3.63, 3.8) is 0 Å². The molecule has 0 spiro atoms. The number of carbonyl (C=O) groups excluding carboxylic acids is 1. The van der Waals surface area contributed by atoms with Gasteiger partial charge in [0.05, 0.1) is 24.2 Å². The van der Waals surface area contributed by atoms with E-state index in [0.717, 1.165) is 0 Å². The lowest BCUT2D eigenvalue weighted by Crippen LogP contribution is -2.03. The number of aliphatic hydroxyl groups excluding tert-OH is 1. The summed E-state index contributed by atoms with van der Waals surface area (Å²) >= 11 is 0. The topological polar surface area (TPSA) is 97.0 Å². The van der Waals surface area contributed by atoms with Gasteiger partial charge in [-0.3, -0.25) is 9.59 Å². The van der Waals surface area contributed by atoms with Gasteiger partial charge in [-0.15, -0.1) is 0 Å². The molecule has 0 radical (unpaired) electrons. The third-order valence-corrected chi connectivity index (χ3v) is 4.41. The van der Waals surface area contributed by atoms with Crippen molar-refractivity contribution >= 4 is 27.5 Å². The van der Waals surface area contributed by atoms with E-state index < -0.39 is 6.10 Å². The number of ether oxygens (including phenoxy) is 1. The van der Waals surface area contributed by atoms with Gasteiger partial charge in [-0.1, -0.05) is 0 Å². The van der Waals surface area contributed by atoms with Crippen LogP contribution < -0.4 is 10.2 Å². The van der Waals surface area contributed by atoms with Crippen molar-refractivity contribution in [3.05, 3.63) is 45.3 Å². The number of ketones is 1. The summed E-state index contributed by atoms with van der Waals surface area (Å²) in [5, 5.41) is 21.3. The van der Waals surface area contributed by atoms with E-state index in [1.165, 1.54) is 19.2 Å². The second-order valence-corrected chi connectivity index (χ2v) is 5.94. The van der Waals surface area contributed by atoms with Crippen molar-refractivity contribution in [2.45, 2.75) is 19.4 Å². The first-order chi connectivity index (χ1) is 11.4. The summed E-state index contributed by atoms with van der Waals surface area (Å²) in [5.41, 5.74) is 0.553. The maximum Gasteiger partial charge on any atom is 0.196 e. The molecule has 122 valence electrons. The van der Waals surface area contributed by atoms with Crippen LogP contribution in [0.15, 0.2) is 27.4 Å². The molecule has 1 aliphatic rings. The summed E-state index contributed by atoms with van der Waals surface area (Å²) in [6.45, 7) is 1.63. The fourth-order valence-electron chi connectivity index (χ4n) is 3.44. The largest absolute Gasteiger partial charge is 0.507 e. The molecule has 0 bridgehead atoms. The van der Waals surface area contributed by atoms with Crippen LogP contribution in [-0.4, -0.2) is 23.1 Å². The van der Waals surface area contributed by atoms with Crippen molar-refractivity contribution in [3.8, 4) is 11.5 Å². The zero-order chi connectivity index (χ0) is 17.2. The number of phenolic OH excluding ortho intramolecular Hbond substituents is 1. The average Bonchev–Trinajstić information content (AvgIpc) is 2.79. The molecule has 3 aromatic rings. The number of hydrogen-bond donors (Lipinski definition) is 2. The van der Waals surface area contributed by atoms with Crippen LogP contribution in [0.2, 0.25) is 0 Å². The molecule has 2 aromatic carbocycles. The van der Waals surface area contributed by atoms with E-state index in [9.17, 15) is 19.8 Å². The summed E-state index contributed by atoms with van der Waals surface area (Å²) < 4.78 is 11.1. The predicted octanol–water partition coefficient (Wildman–Crippen LogP) is 2.59. The van der Waals surface area contributed by atoms with E-state index in [0.29, 0.717) is 27.7 Å². The number of carbonyl (C=O) groups is 1. The monoisotopic (exact) mass is 326 g/mol. The van der Waals surface area contributed by atoms with E-state index in [1.54, 1.807) is 13.0 Å². The van der Waals surface area contributed by atoms with E-state index >= 15 is 0 Å². The molecule has 6 heteroatoms. The highest BCUT2D eigenvalue weighted by atomic mass is 16.5. The zero-order valence-electron chi connectivity index (χ0n) is 13.0. The molecule has 4 rings (SSSR count). The number of aliphatic hydroxyl groups is 1. The highest BCUT2D eigenvalue weighted by Crippen LogP contribution is 2.45. The smallest absolute Gasteiger partial charge is 0.196 e. The SMILES string of the molecule is COc1c2c(cc3cc(O)c4c(=O)cc(C)oc4c13)[C@@H](O)CC2=O. The molecule has 0 aliphatic heterocycles. The molecule has 24 heavy (non-hydrogen) atoms. The molecule has 0 fully saturated rings. The van der Waals surface area contributed by atoms with Gasteiger partial charge in [0.1, 0.15) is 22.6 Å². The van der Waals surface area contributed by atoms with Crippen molar-refractivity contribution in [1.82, 2.24) is 0 Å². The number of Topliss-reactive ketones (excluding diaryl/α,β-unsaturated/α-hetero) is 1. The minimum Gasteiger partial charge on any atom is -0.507 e. The Hall–Kier alpha value is -2.86. The number of phenols is 1. The van der Waals surface area contributed by atoms with Crippen LogP contribution in [-0.2, 0) is 0 Å². The number of aromatic hydroxyl groups is 1. The first kappa shape index (κ1) is 14.7. The first-order valence-electron chi connectivity index (χ1n) is 7.44. The van der Waals surface area contributed by atoms with E-state index in [2.05, 4.69) is 0 Å². The van der Waals surface area contributed by atoms with E-state index in [4.69, 9.17) is 9.15 Å². The molecule has 1 heterocycles. The van der Waals surface area contributed by atoms with Crippen LogP contribution in [0.5, 0.6) is 11.5 Å². The molecule has 0 amide bonds. The predicted molar refractivity (Wildman–Crippen MR) is 86.9 cm³/mol. The third kappa shape index (κ3) is 1.80. The van der Waals surface area contributed by atoms with Crippen LogP contribution >= 0.6 is 0 Å². The molecule has 0 saturated carbocycles. The normalized spacial score (nSPS) is 16.8. The van der Waals surface area contributed by atoms with Gasteiger partial charge in [-0.05, 0) is 30.0 Å². The van der Waals surface area contributed by atoms with Crippen LogP contribution in [0, 0.1) is 6.92 Å². The van der Waals surface area contributed by atoms with Gasteiger partial charge in [0, 0.05) is 12.5 Å². The summed E-state index contributed by atoms with van der Waals surface area (Å²) in [6, 6.07) is 4.34. The number of rotatable bonds is 1. The quantitative estimate of drug-likeness (QED) is 0.667. The zero-order valence-corrected chi connectivity index (χ0v) is 13.0. The third-order valence-electron chi connectivity index (χ3n) is 4.41. The molecule has 6 nitrogen and oxygen atoms in total. The molecule has 0 unspecified atom stereocenters. The highest BCUT2D eigenvalue weighted by molar-refractivity contribution is 6.16. The summed E-state index contributed by atoms with van der Waals surface area (Å²) in [5.74, 6) is 0.190. The maximum absolute atomic E-state index is 12.3. The number of hydrogen-bond acceptors (Lipinski definition) is 6. The molecular weight excluding hydrogens is 312 g/mol. The van der Waals surface area contributed by atoms with Crippen LogP contribution in [0.1, 0.15) is 34.2 Å². The van der Waals surface area contributed by atoms with Gasteiger partial charge in [0.15, 0.2) is 16.8 Å². The number of benzene rings is 2. The van der Waals surface area contributed by atoms with Crippen LogP contribution in [0.25, 0.3) is 21.7 Å². The van der Waals surface area contributed by atoms with Crippen LogP contribution in [0.4, 0.5) is 0 Å². The molecule has 1 atom stereocenters. The minimum atomic E-state index is -0.909. The fraction of sp³-hybridized carbons (Fsp3) is 0.222. The van der Waals surface area contributed by atoms with Crippen molar-refractivity contribution < 1.29 is 24.2 Å².